The molecule has 1 aliphatic rings. The van der Waals surface area contributed by atoms with E-state index in [1.165, 1.54) is 0 Å². The second kappa shape index (κ2) is 7.29. The predicted octanol–water partition coefficient (Wildman–Crippen LogP) is 2.45. The fraction of sp³-hybridized carbons (Fsp3) is 0.562. The smallest absolute Gasteiger partial charge is 0.246 e. The largest absolute Gasteiger partial charge is 0.462 e. The van der Waals surface area contributed by atoms with Gasteiger partial charge in [0, 0.05) is 19.2 Å². The Balaban J connectivity index is 1.78. The highest BCUT2D eigenvalue weighted by Gasteiger charge is 2.20. The molecule has 2 heterocycles. The second-order valence-corrected chi connectivity index (χ2v) is 5.36. The van der Waals surface area contributed by atoms with Crippen LogP contribution in [-0.2, 0) is 4.79 Å². The lowest BCUT2D eigenvalue weighted by Crippen LogP contribution is -2.40. The lowest BCUT2D eigenvalue weighted by Gasteiger charge is -2.31. The van der Waals surface area contributed by atoms with Gasteiger partial charge in [-0.3, -0.25) is 4.79 Å². The van der Waals surface area contributed by atoms with E-state index >= 15 is 0 Å². The van der Waals surface area contributed by atoms with Crippen molar-refractivity contribution in [1.82, 2.24) is 10.2 Å². The lowest BCUT2D eigenvalue weighted by molar-refractivity contribution is -0.127. The maximum absolute atomic E-state index is 12.1. The number of rotatable bonds is 5. The summed E-state index contributed by atoms with van der Waals surface area (Å²) in [5.41, 5.74) is 0. The molecule has 0 aliphatic carbocycles. The van der Waals surface area contributed by atoms with E-state index in [9.17, 15) is 4.79 Å². The quantitative estimate of drug-likeness (QED) is 0.840. The Bertz CT molecular complexity index is 457. The van der Waals surface area contributed by atoms with Crippen LogP contribution in [0.2, 0.25) is 0 Å². The molecule has 0 unspecified atom stereocenters. The summed E-state index contributed by atoms with van der Waals surface area (Å²) in [6.45, 7) is 7.82. The van der Waals surface area contributed by atoms with Crippen molar-refractivity contribution in [3.63, 3.8) is 0 Å². The number of piperidine rings is 1. The molecule has 4 nitrogen and oxygen atoms in total. The summed E-state index contributed by atoms with van der Waals surface area (Å²) in [5, 5.41) is 3.38. The maximum atomic E-state index is 12.1. The molecular formula is C16H24N2O2. The summed E-state index contributed by atoms with van der Waals surface area (Å²) in [6.07, 6.45) is 5.54. The third-order valence-corrected chi connectivity index (χ3v) is 3.76. The van der Waals surface area contributed by atoms with E-state index in [-0.39, 0.29) is 5.91 Å². The molecule has 0 atom stereocenters. The Labute approximate surface area is 120 Å². The van der Waals surface area contributed by atoms with Crippen LogP contribution in [0.1, 0.15) is 31.3 Å². The van der Waals surface area contributed by atoms with Gasteiger partial charge in [0.2, 0.25) is 5.91 Å². The fourth-order valence-corrected chi connectivity index (χ4v) is 2.51. The van der Waals surface area contributed by atoms with E-state index in [1.807, 2.05) is 24.0 Å². The van der Waals surface area contributed by atoms with Gasteiger partial charge in [-0.2, -0.15) is 0 Å². The van der Waals surface area contributed by atoms with Gasteiger partial charge >= 0.3 is 0 Å². The van der Waals surface area contributed by atoms with Gasteiger partial charge in [0.1, 0.15) is 11.5 Å². The summed E-state index contributed by atoms with van der Waals surface area (Å²) in [4.78, 5) is 14.0. The molecule has 1 amide bonds. The zero-order chi connectivity index (χ0) is 14.4. The number of carbonyl (C=O) groups excluding carboxylic acids is 1. The zero-order valence-electron chi connectivity index (χ0n) is 12.4. The number of aryl methyl sites for hydroxylation is 1. The number of nitrogens with zero attached hydrogens (tertiary/aromatic N) is 1. The Morgan fingerprint density at radius 1 is 1.45 bits per heavy atom. The molecule has 0 aromatic carbocycles. The molecule has 0 bridgehead atoms. The first-order valence-electron chi connectivity index (χ1n) is 7.43. The van der Waals surface area contributed by atoms with Gasteiger partial charge in [-0.15, -0.1) is 0 Å². The predicted molar refractivity (Wildman–Crippen MR) is 80.3 cm³/mol. The number of carbonyl (C=O) groups is 1. The number of nitrogens with one attached hydrogen (secondary N) is 1. The van der Waals surface area contributed by atoms with Crippen LogP contribution in [0.3, 0.4) is 0 Å². The molecule has 1 N–H and O–H groups in total. The molecule has 1 aromatic heterocycles. The summed E-state index contributed by atoms with van der Waals surface area (Å²) in [6, 6.07) is 3.78. The minimum absolute atomic E-state index is 0.0842. The Morgan fingerprint density at radius 2 is 2.20 bits per heavy atom. The van der Waals surface area contributed by atoms with Crippen molar-refractivity contribution < 1.29 is 9.21 Å². The van der Waals surface area contributed by atoms with Crippen molar-refractivity contribution in [2.45, 2.75) is 26.7 Å². The van der Waals surface area contributed by atoms with Crippen LogP contribution >= 0.6 is 0 Å². The van der Waals surface area contributed by atoms with Crippen molar-refractivity contribution in [3.8, 4) is 0 Å². The molecule has 0 spiro atoms. The van der Waals surface area contributed by atoms with Gasteiger partial charge in [0.25, 0.3) is 0 Å². The SMILES string of the molecule is CCNCC1CCN(C(=O)/C=C/c2ccc(C)o2)CC1. The Morgan fingerprint density at radius 3 is 2.80 bits per heavy atom. The van der Waals surface area contributed by atoms with E-state index in [4.69, 9.17) is 4.42 Å². The molecule has 20 heavy (non-hydrogen) atoms. The first-order chi connectivity index (χ1) is 9.69. The molecule has 1 saturated heterocycles. The minimum atomic E-state index is 0.0842. The van der Waals surface area contributed by atoms with E-state index in [0.717, 1.165) is 50.5 Å². The van der Waals surface area contributed by atoms with Crippen LogP contribution < -0.4 is 5.32 Å². The molecule has 2 rings (SSSR count). The summed E-state index contributed by atoms with van der Waals surface area (Å²) < 4.78 is 5.42. The summed E-state index contributed by atoms with van der Waals surface area (Å²) in [5.74, 6) is 2.39. The normalized spacial score (nSPS) is 17.0. The van der Waals surface area contributed by atoms with E-state index < -0.39 is 0 Å². The molecule has 0 radical (unpaired) electrons. The number of furan rings is 1. The van der Waals surface area contributed by atoms with Crippen molar-refractivity contribution >= 4 is 12.0 Å². The molecule has 1 aliphatic heterocycles. The Hall–Kier alpha value is -1.55. The molecule has 110 valence electrons. The van der Waals surface area contributed by atoms with Gasteiger partial charge in [-0.25, -0.2) is 0 Å². The Kier molecular flexibility index (Phi) is 5.41. The first-order valence-corrected chi connectivity index (χ1v) is 7.43. The van der Waals surface area contributed by atoms with Crippen LogP contribution in [0, 0.1) is 12.8 Å². The van der Waals surface area contributed by atoms with Gasteiger partial charge in [0.15, 0.2) is 0 Å². The number of hydrogen-bond acceptors (Lipinski definition) is 3. The van der Waals surface area contributed by atoms with E-state index in [0.29, 0.717) is 5.92 Å². The monoisotopic (exact) mass is 276 g/mol. The zero-order valence-corrected chi connectivity index (χ0v) is 12.4. The minimum Gasteiger partial charge on any atom is -0.462 e. The lowest BCUT2D eigenvalue weighted by atomic mass is 9.97. The van der Waals surface area contributed by atoms with Gasteiger partial charge in [-0.1, -0.05) is 6.92 Å². The fourth-order valence-electron chi connectivity index (χ4n) is 2.51. The van der Waals surface area contributed by atoms with Crippen molar-refractivity contribution in [1.29, 1.82) is 0 Å². The third kappa shape index (κ3) is 4.23. The highest BCUT2D eigenvalue weighted by Crippen LogP contribution is 2.17. The average Bonchev–Trinajstić information content (AvgIpc) is 2.89. The van der Waals surface area contributed by atoms with Crippen molar-refractivity contribution in [2.24, 2.45) is 5.92 Å². The highest BCUT2D eigenvalue weighted by molar-refractivity contribution is 5.91. The van der Waals surface area contributed by atoms with Gasteiger partial charge < -0.3 is 14.6 Å². The molecule has 1 fully saturated rings. The summed E-state index contributed by atoms with van der Waals surface area (Å²) >= 11 is 0. The third-order valence-electron chi connectivity index (χ3n) is 3.76. The topological polar surface area (TPSA) is 45.5 Å². The standard InChI is InChI=1S/C16H24N2O2/c1-3-17-12-14-8-10-18(11-9-14)16(19)7-6-15-5-4-13(2)20-15/h4-7,14,17H,3,8-12H2,1-2H3/b7-6+. The van der Waals surface area contributed by atoms with E-state index in [2.05, 4.69) is 12.2 Å². The number of hydrogen-bond donors (Lipinski definition) is 1. The molecular weight excluding hydrogens is 252 g/mol. The van der Waals surface area contributed by atoms with E-state index in [1.54, 1.807) is 12.2 Å². The number of amides is 1. The van der Waals surface area contributed by atoms with Gasteiger partial charge in [0.05, 0.1) is 0 Å². The van der Waals surface area contributed by atoms with Crippen LogP contribution in [-0.4, -0.2) is 37.0 Å². The first kappa shape index (κ1) is 14.9. The van der Waals surface area contributed by atoms with Crippen molar-refractivity contribution in [3.05, 3.63) is 29.7 Å². The van der Waals surface area contributed by atoms with Crippen LogP contribution in [0.25, 0.3) is 6.08 Å². The van der Waals surface area contributed by atoms with Crippen LogP contribution in [0.4, 0.5) is 0 Å². The summed E-state index contributed by atoms with van der Waals surface area (Å²) in [7, 11) is 0. The van der Waals surface area contributed by atoms with Gasteiger partial charge in [-0.05, 0) is 57.0 Å². The molecule has 0 saturated carbocycles. The molecule has 4 heteroatoms. The second-order valence-electron chi connectivity index (χ2n) is 5.36. The average molecular weight is 276 g/mol. The molecule has 1 aromatic rings. The highest BCUT2D eigenvalue weighted by atomic mass is 16.3. The van der Waals surface area contributed by atoms with Crippen LogP contribution in [0.15, 0.2) is 22.6 Å². The number of likely N-dealkylation sites (tertiary alicyclic amines) is 1. The van der Waals surface area contributed by atoms with Crippen molar-refractivity contribution in [2.75, 3.05) is 26.2 Å². The maximum Gasteiger partial charge on any atom is 0.246 e. The van der Waals surface area contributed by atoms with Crippen LogP contribution in [0.5, 0.6) is 0 Å².